The van der Waals surface area contributed by atoms with Crippen molar-refractivity contribution in [3.8, 4) is 0 Å². The number of hydrogen-bond donors (Lipinski definition) is 2. The molecule has 0 aliphatic rings. The van der Waals surface area contributed by atoms with Gasteiger partial charge >= 0.3 is 22.3 Å². The highest BCUT2D eigenvalue weighted by Crippen LogP contribution is 3.02. The first-order valence-corrected chi connectivity index (χ1v) is 10.2. The van der Waals surface area contributed by atoms with Crippen LogP contribution in [0, 0.1) is 0 Å². The topological polar surface area (TPSA) is 75.6 Å². The molecule has 0 bridgehead atoms. The van der Waals surface area contributed by atoms with Crippen molar-refractivity contribution in [3.63, 3.8) is 0 Å². The van der Waals surface area contributed by atoms with E-state index in [4.69, 9.17) is 4.74 Å². The molecule has 2 aromatic carbocycles. The molecule has 2 N–H and O–H groups in total. The number of alkyl carbamates (subject to hydrolysis) is 1. The van der Waals surface area contributed by atoms with Crippen molar-refractivity contribution in [2.75, 3.05) is 0 Å². The summed E-state index contributed by atoms with van der Waals surface area (Å²) in [6, 6.07) is 9.50. The normalized spacial score (nSPS) is 14.9. The smallest absolute Gasteiger partial charge is 0.408 e. The van der Waals surface area contributed by atoms with Gasteiger partial charge in [-0.2, -0.15) is 0 Å². The molecular formula is C18H18F5NO4S. The Kier molecular flexibility index (Phi) is 5.84. The molecule has 2 rings (SSSR count). The number of amides is 1. The maximum absolute atomic E-state index is 12.7. The van der Waals surface area contributed by atoms with Gasteiger partial charge in [0, 0.05) is 0 Å². The number of aliphatic carboxylic acids is 1. The first-order valence-electron chi connectivity index (χ1n) is 8.28. The van der Waals surface area contributed by atoms with Crippen LogP contribution in [0.25, 0.3) is 0 Å². The van der Waals surface area contributed by atoms with E-state index >= 15 is 0 Å². The minimum absolute atomic E-state index is 0.0590. The second-order valence-electron chi connectivity index (χ2n) is 6.25. The average Bonchev–Trinajstić information content (AvgIpc) is 2.62. The summed E-state index contributed by atoms with van der Waals surface area (Å²) in [7, 11) is -9.75. The number of rotatable bonds is 8. The van der Waals surface area contributed by atoms with Gasteiger partial charge in [-0.05, 0) is 36.1 Å². The maximum Gasteiger partial charge on any atom is 0.408 e. The summed E-state index contributed by atoms with van der Waals surface area (Å²) in [6.45, 7) is -0.0746. The molecule has 0 saturated carbocycles. The van der Waals surface area contributed by atoms with Crippen molar-refractivity contribution in [1.29, 1.82) is 0 Å². The standard InChI is InChI=1S/C18H18F5NO4S/c19-29(20,21,22,23)15-9-6-13(7-10-15)8-11-16(17(25)26)24-18(27)28-12-14-4-2-1-3-5-14/h1-7,9-10,16H,8,11-12H2,(H,24,27)(H,25,26). The molecule has 0 saturated heterocycles. The minimum Gasteiger partial charge on any atom is -0.480 e. The lowest BCUT2D eigenvalue weighted by Gasteiger charge is -2.40. The molecule has 0 fully saturated rings. The molecule has 0 aliphatic heterocycles. The summed E-state index contributed by atoms with van der Waals surface area (Å²) in [4.78, 5) is 21.0. The van der Waals surface area contributed by atoms with Crippen LogP contribution >= 0.6 is 10.2 Å². The number of nitrogens with one attached hydrogen (secondary N) is 1. The van der Waals surface area contributed by atoms with Gasteiger partial charge in [-0.15, -0.1) is 0 Å². The summed E-state index contributed by atoms with van der Waals surface area (Å²) in [5, 5.41) is 11.3. The first kappa shape index (κ1) is 22.5. The Bertz CT molecular complexity index is 873. The first-order chi connectivity index (χ1) is 13.2. The van der Waals surface area contributed by atoms with Crippen molar-refractivity contribution in [2.24, 2.45) is 0 Å². The molecule has 11 heteroatoms. The monoisotopic (exact) mass is 439 g/mol. The van der Waals surface area contributed by atoms with Crippen LogP contribution in [-0.4, -0.2) is 23.2 Å². The summed E-state index contributed by atoms with van der Waals surface area (Å²) >= 11 is 0. The van der Waals surface area contributed by atoms with Gasteiger partial charge < -0.3 is 15.2 Å². The number of carbonyl (C=O) groups is 2. The third-order valence-electron chi connectivity index (χ3n) is 3.89. The summed E-state index contributed by atoms with van der Waals surface area (Å²) < 4.78 is 68.4. The maximum atomic E-state index is 12.7. The van der Waals surface area contributed by atoms with Crippen LogP contribution in [0.5, 0.6) is 0 Å². The van der Waals surface area contributed by atoms with E-state index in [1.54, 1.807) is 30.3 Å². The van der Waals surface area contributed by atoms with Crippen molar-refractivity contribution in [1.82, 2.24) is 5.32 Å². The molecule has 0 aromatic heterocycles. The van der Waals surface area contributed by atoms with Crippen LogP contribution in [0.15, 0.2) is 59.5 Å². The molecule has 1 unspecified atom stereocenters. The SMILES string of the molecule is O=C(NC(CCc1ccc(S(F)(F)(F)(F)F)cc1)C(=O)O)OCc1ccccc1. The van der Waals surface area contributed by atoms with Crippen molar-refractivity contribution in [2.45, 2.75) is 30.4 Å². The van der Waals surface area contributed by atoms with Crippen molar-refractivity contribution < 1.29 is 38.9 Å². The predicted octanol–water partition coefficient (Wildman–Crippen LogP) is 5.66. The Morgan fingerprint density at radius 2 is 1.52 bits per heavy atom. The van der Waals surface area contributed by atoms with E-state index in [0.29, 0.717) is 5.56 Å². The number of benzene rings is 2. The fourth-order valence-electron chi connectivity index (χ4n) is 2.39. The van der Waals surface area contributed by atoms with E-state index < -0.39 is 33.2 Å². The number of hydrogen-bond acceptors (Lipinski definition) is 3. The number of ether oxygens (including phenoxy) is 1. The zero-order valence-corrected chi connectivity index (χ0v) is 15.7. The van der Waals surface area contributed by atoms with Crippen molar-refractivity contribution in [3.05, 3.63) is 65.7 Å². The molecule has 0 radical (unpaired) electrons. The fourth-order valence-corrected chi connectivity index (χ4v) is 3.04. The van der Waals surface area contributed by atoms with Crippen molar-refractivity contribution >= 4 is 22.3 Å². The van der Waals surface area contributed by atoms with Gasteiger partial charge in [-0.3, -0.25) is 0 Å². The quantitative estimate of drug-likeness (QED) is 0.521. The van der Waals surface area contributed by atoms with E-state index in [0.717, 1.165) is 12.1 Å². The highest BCUT2D eigenvalue weighted by molar-refractivity contribution is 8.45. The van der Waals surface area contributed by atoms with Gasteiger partial charge in [0.05, 0.1) is 0 Å². The van der Waals surface area contributed by atoms with Gasteiger partial charge in [0.15, 0.2) is 0 Å². The van der Waals surface area contributed by atoms with E-state index in [-0.39, 0.29) is 37.1 Å². The Morgan fingerprint density at radius 3 is 2.03 bits per heavy atom. The molecule has 29 heavy (non-hydrogen) atoms. The Balaban J connectivity index is 1.92. The van der Waals surface area contributed by atoms with Crippen LogP contribution in [0.4, 0.5) is 24.2 Å². The lowest BCUT2D eigenvalue weighted by Crippen LogP contribution is -2.41. The lowest BCUT2D eigenvalue weighted by molar-refractivity contribution is -0.139. The molecule has 0 aliphatic carbocycles. The van der Waals surface area contributed by atoms with Gasteiger partial charge in [-0.1, -0.05) is 61.9 Å². The average molecular weight is 439 g/mol. The van der Waals surface area contributed by atoms with E-state index in [2.05, 4.69) is 5.32 Å². The molecule has 0 heterocycles. The third kappa shape index (κ3) is 7.26. The number of carbonyl (C=O) groups excluding carboxylic acids is 1. The lowest BCUT2D eigenvalue weighted by atomic mass is 10.1. The molecule has 1 atom stereocenters. The third-order valence-corrected chi connectivity index (χ3v) is 5.06. The van der Waals surface area contributed by atoms with Gasteiger partial charge in [0.25, 0.3) is 0 Å². The highest BCUT2D eigenvalue weighted by atomic mass is 32.5. The molecule has 0 spiro atoms. The summed E-state index contributed by atoms with van der Waals surface area (Å²) in [5.74, 6) is -1.37. The summed E-state index contributed by atoms with van der Waals surface area (Å²) in [6.07, 6.45) is -1.21. The zero-order valence-electron chi connectivity index (χ0n) is 14.9. The van der Waals surface area contributed by atoms with Crippen LogP contribution in [0.1, 0.15) is 17.5 Å². The Hall–Kier alpha value is -2.82. The molecule has 1 amide bonds. The largest absolute Gasteiger partial charge is 0.480 e. The Labute approximate surface area is 163 Å². The number of aryl methyl sites for hydroxylation is 1. The highest BCUT2D eigenvalue weighted by Gasteiger charge is 2.65. The predicted molar refractivity (Wildman–Crippen MR) is 97.3 cm³/mol. The summed E-state index contributed by atoms with van der Waals surface area (Å²) in [5.41, 5.74) is 0.903. The number of carboxylic acids is 1. The van der Waals surface area contributed by atoms with E-state index in [1.807, 2.05) is 0 Å². The fraction of sp³-hybridized carbons (Fsp3) is 0.222. The zero-order chi connectivity index (χ0) is 21.8. The minimum atomic E-state index is -9.75. The van der Waals surface area contributed by atoms with Gasteiger partial charge in [0.2, 0.25) is 0 Å². The molecule has 5 nitrogen and oxygen atoms in total. The van der Waals surface area contributed by atoms with Gasteiger partial charge in [0.1, 0.15) is 17.5 Å². The Morgan fingerprint density at radius 1 is 0.931 bits per heavy atom. The number of halogens is 5. The van der Waals surface area contributed by atoms with Crippen LogP contribution in [0.3, 0.4) is 0 Å². The van der Waals surface area contributed by atoms with Crippen LogP contribution < -0.4 is 5.32 Å². The van der Waals surface area contributed by atoms with Crippen LogP contribution in [0.2, 0.25) is 0 Å². The van der Waals surface area contributed by atoms with E-state index in [1.165, 1.54) is 0 Å². The van der Waals surface area contributed by atoms with Crippen LogP contribution in [-0.2, 0) is 22.6 Å². The second kappa shape index (κ2) is 7.54. The second-order valence-corrected chi connectivity index (χ2v) is 8.66. The molecule has 160 valence electrons. The van der Waals surface area contributed by atoms with Gasteiger partial charge in [-0.25, -0.2) is 9.59 Å². The molecular weight excluding hydrogens is 421 g/mol. The molecule has 2 aromatic rings. The number of carboxylic acid groups (broad SMARTS) is 1. The van der Waals surface area contributed by atoms with E-state index in [9.17, 15) is 34.1 Å².